The van der Waals surface area contributed by atoms with Gasteiger partial charge in [0.05, 0.1) is 50.7 Å². The smallest absolute Gasteiger partial charge is 0.335 e. The van der Waals surface area contributed by atoms with Crippen LogP contribution in [0.1, 0.15) is 39.6 Å². The minimum absolute atomic E-state index is 0.0767. The third-order valence-electron chi connectivity index (χ3n) is 7.04. The number of ether oxygens (including phenoxy) is 2. The molecule has 1 aromatic carbocycles. The number of benzene rings is 1. The zero-order chi connectivity index (χ0) is 26.9. The van der Waals surface area contributed by atoms with E-state index in [9.17, 15) is 14.3 Å². The van der Waals surface area contributed by atoms with Crippen molar-refractivity contribution in [3.05, 3.63) is 80.7 Å². The number of imidazole rings is 1. The van der Waals surface area contributed by atoms with Crippen LogP contribution in [0.25, 0.3) is 16.6 Å². The third-order valence-corrected chi connectivity index (χ3v) is 8.26. The van der Waals surface area contributed by atoms with Crippen molar-refractivity contribution < 1.29 is 23.8 Å². The molecule has 0 amide bonds. The Bertz CT molecular complexity index is 1560. The molecule has 1 N–H and O–H groups in total. The standard InChI is InChI=1S/C28H26ClFN4O4S/c29-25-13-20(30)24(39-25)16-38-27-3-1-2-21(32-27)17-6-9-33(10-7-17)15-26-31-22-5-4-18(28(35)36)12-23(22)34(26)14-19-8-11-37-19/h1-6,12-13,19H,7-11,14-16H2,(H,35,36)/t19-/m0/s1. The molecule has 11 heteroatoms. The molecule has 0 unspecified atom stereocenters. The number of carbonyl (C=O) groups is 1. The van der Waals surface area contributed by atoms with Gasteiger partial charge in [0, 0.05) is 31.8 Å². The predicted molar refractivity (Wildman–Crippen MR) is 147 cm³/mol. The van der Waals surface area contributed by atoms with Crippen molar-refractivity contribution in [1.29, 1.82) is 0 Å². The fourth-order valence-corrected chi connectivity index (χ4v) is 5.88. The van der Waals surface area contributed by atoms with Crippen LogP contribution in [0.2, 0.25) is 4.34 Å². The average molecular weight is 569 g/mol. The Hall–Kier alpha value is -3.31. The van der Waals surface area contributed by atoms with Gasteiger partial charge in [0.15, 0.2) is 0 Å². The van der Waals surface area contributed by atoms with Gasteiger partial charge in [-0.1, -0.05) is 23.7 Å². The van der Waals surface area contributed by atoms with Crippen molar-refractivity contribution in [2.75, 3.05) is 19.7 Å². The number of thiophene rings is 1. The molecular formula is C28H26ClFN4O4S. The van der Waals surface area contributed by atoms with E-state index < -0.39 is 5.97 Å². The fourth-order valence-electron chi connectivity index (χ4n) is 4.84. The van der Waals surface area contributed by atoms with E-state index in [2.05, 4.69) is 20.5 Å². The monoisotopic (exact) mass is 568 g/mol. The molecule has 1 atom stereocenters. The Morgan fingerprint density at radius 1 is 1.26 bits per heavy atom. The van der Waals surface area contributed by atoms with Gasteiger partial charge in [0.1, 0.15) is 18.2 Å². The van der Waals surface area contributed by atoms with Gasteiger partial charge in [-0.25, -0.2) is 19.2 Å². The summed E-state index contributed by atoms with van der Waals surface area (Å²) >= 11 is 7.04. The van der Waals surface area contributed by atoms with E-state index in [-0.39, 0.29) is 24.1 Å². The van der Waals surface area contributed by atoms with Crippen LogP contribution < -0.4 is 4.74 Å². The van der Waals surface area contributed by atoms with E-state index >= 15 is 0 Å². The van der Waals surface area contributed by atoms with E-state index in [1.54, 1.807) is 24.3 Å². The van der Waals surface area contributed by atoms with E-state index in [0.717, 1.165) is 72.0 Å². The van der Waals surface area contributed by atoms with Crippen molar-refractivity contribution in [2.45, 2.75) is 38.6 Å². The average Bonchev–Trinajstić information content (AvgIpc) is 3.42. The summed E-state index contributed by atoms with van der Waals surface area (Å²) < 4.78 is 27.8. The van der Waals surface area contributed by atoms with Crippen LogP contribution in [-0.4, -0.2) is 56.3 Å². The van der Waals surface area contributed by atoms with Gasteiger partial charge in [-0.05, 0) is 42.7 Å². The van der Waals surface area contributed by atoms with Crippen molar-refractivity contribution in [3.63, 3.8) is 0 Å². The Labute approximate surface area is 233 Å². The van der Waals surface area contributed by atoms with Crippen LogP contribution in [0.4, 0.5) is 4.39 Å². The molecule has 3 aromatic heterocycles. The molecule has 2 aliphatic heterocycles. The van der Waals surface area contributed by atoms with E-state index in [4.69, 9.17) is 26.1 Å². The summed E-state index contributed by atoms with van der Waals surface area (Å²) in [5.74, 6) is 0.0139. The van der Waals surface area contributed by atoms with Crippen LogP contribution >= 0.6 is 22.9 Å². The molecule has 5 heterocycles. The number of pyridine rings is 1. The first-order valence-corrected chi connectivity index (χ1v) is 13.9. The molecule has 0 spiro atoms. The molecule has 1 fully saturated rings. The predicted octanol–water partition coefficient (Wildman–Crippen LogP) is 5.64. The molecule has 6 rings (SSSR count). The summed E-state index contributed by atoms with van der Waals surface area (Å²) in [4.78, 5) is 23.8. The van der Waals surface area contributed by atoms with Gasteiger partial charge >= 0.3 is 5.97 Å². The molecule has 1 saturated heterocycles. The molecule has 2 aliphatic rings. The maximum absolute atomic E-state index is 13.9. The van der Waals surface area contributed by atoms with Gasteiger partial charge in [-0.3, -0.25) is 4.90 Å². The maximum atomic E-state index is 13.9. The molecule has 39 heavy (non-hydrogen) atoms. The number of fused-ring (bicyclic) bond motifs is 1. The summed E-state index contributed by atoms with van der Waals surface area (Å²) in [6, 6.07) is 12.0. The summed E-state index contributed by atoms with van der Waals surface area (Å²) in [5, 5.41) is 9.47. The van der Waals surface area contributed by atoms with Crippen LogP contribution in [0, 0.1) is 5.82 Å². The molecule has 4 aromatic rings. The lowest BCUT2D eigenvalue weighted by Gasteiger charge is -2.29. The lowest BCUT2D eigenvalue weighted by Crippen LogP contribution is -2.33. The summed E-state index contributed by atoms with van der Waals surface area (Å²) in [5.41, 5.74) is 3.82. The van der Waals surface area contributed by atoms with E-state index in [1.807, 2.05) is 12.1 Å². The summed E-state index contributed by atoms with van der Waals surface area (Å²) in [6.45, 7) is 3.67. The number of hydrogen-bond donors (Lipinski definition) is 1. The van der Waals surface area contributed by atoms with E-state index in [1.165, 1.54) is 6.07 Å². The molecule has 202 valence electrons. The van der Waals surface area contributed by atoms with Crippen molar-refractivity contribution in [3.8, 4) is 5.88 Å². The first-order chi connectivity index (χ1) is 18.9. The Kier molecular flexibility index (Phi) is 7.35. The lowest BCUT2D eigenvalue weighted by molar-refractivity contribution is -0.0591. The topological polar surface area (TPSA) is 89.7 Å². The Morgan fingerprint density at radius 2 is 2.13 bits per heavy atom. The molecule has 0 radical (unpaired) electrons. The third kappa shape index (κ3) is 5.69. The van der Waals surface area contributed by atoms with Crippen LogP contribution in [0.3, 0.4) is 0 Å². The number of rotatable bonds is 9. The number of carboxylic acids is 1. The van der Waals surface area contributed by atoms with Crippen molar-refractivity contribution >= 4 is 45.5 Å². The molecule has 0 aliphatic carbocycles. The lowest BCUT2D eigenvalue weighted by atomic mass is 10.0. The normalized spacial score (nSPS) is 17.7. The quantitative estimate of drug-likeness (QED) is 0.279. The highest BCUT2D eigenvalue weighted by atomic mass is 35.5. The highest BCUT2D eigenvalue weighted by molar-refractivity contribution is 7.16. The van der Waals surface area contributed by atoms with Gasteiger partial charge in [-0.15, -0.1) is 11.3 Å². The number of carboxylic acid groups (broad SMARTS) is 1. The van der Waals surface area contributed by atoms with Crippen molar-refractivity contribution in [2.24, 2.45) is 0 Å². The zero-order valence-electron chi connectivity index (χ0n) is 21.0. The minimum atomic E-state index is -0.953. The van der Waals surface area contributed by atoms with Gasteiger partial charge in [0.2, 0.25) is 5.88 Å². The second-order valence-corrected chi connectivity index (χ2v) is 11.4. The molecule has 0 bridgehead atoms. The minimum Gasteiger partial charge on any atom is -0.478 e. The second-order valence-electron chi connectivity index (χ2n) is 9.61. The number of aromatic carboxylic acids is 1. The summed E-state index contributed by atoms with van der Waals surface area (Å²) in [7, 11) is 0. The molecule has 8 nitrogen and oxygen atoms in total. The number of halogens is 2. The maximum Gasteiger partial charge on any atom is 0.335 e. The van der Waals surface area contributed by atoms with Crippen molar-refractivity contribution in [1.82, 2.24) is 19.4 Å². The Balaban J connectivity index is 1.15. The molecule has 0 saturated carbocycles. The fraction of sp³-hybridized carbons (Fsp3) is 0.321. The highest BCUT2D eigenvalue weighted by Gasteiger charge is 2.24. The SMILES string of the molecule is O=C(O)c1ccc2nc(CN3CC=C(c4cccc(OCc5sc(Cl)cc5F)n4)CC3)n(C[C@@H]3CCO3)c2c1. The Morgan fingerprint density at radius 3 is 2.82 bits per heavy atom. The van der Waals surface area contributed by atoms with Crippen LogP contribution in [0.15, 0.2) is 48.5 Å². The first kappa shape index (κ1) is 25.9. The van der Waals surface area contributed by atoms with Gasteiger partial charge in [0.25, 0.3) is 0 Å². The highest BCUT2D eigenvalue weighted by Crippen LogP contribution is 2.28. The van der Waals surface area contributed by atoms with Crippen LogP contribution in [-0.2, 0) is 24.4 Å². The zero-order valence-corrected chi connectivity index (χ0v) is 22.6. The summed E-state index contributed by atoms with van der Waals surface area (Å²) in [6.07, 6.45) is 4.08. The largest absolute Gasteiger partial charge is 0.478 e. The molecular weight excluding hydrogens is 543 g/mol. The second kappa shape index (κ2) is 11.1. The van der Waals surface area contributed by atoms with E-state index in [0.29, 0.717) is 28.2 Å². The number of nitrogens with zero attached hydrogens (tertiary/aromatic N) is 4. The number of hydrogen-bond acceptors (Lipinski definition) is 7. The number of aromatic nitrogens is 3. The van der Waals surface area contributed by atoms with Gasteiger partial charge < -0.3 is 19.1 Å². The first-order valence-electron chi connectivity index (χ1n) is 12.7. The van der Waals surface area contributed by atoms with Crippen LogP contribution in [0.5, 0.6) is 5.88 Å². The van der Waals surface area contributed by atoms with Gasteiger partial charge in [-0.2, -0.15) is 0 Å².